The summed E-state index contributed by atoms with van der Waals surface area (Å²) >= 11 is 3.13. The molecule has 4 nitrogen and oxygen atoms in total. The maximum Gasteiger partial charge on any atom is 0.339 e. The molecule has 0 aliphatic rings. The number of hydrogen-bond donors (Lipinski definition) is 0. The van der Waals surface area contributed by atoms with Gasteiger partial charge in [-0.2, -0.15) is 0 Å². The van der Waals surface area contributed by atoms with E-state index in [0.717, 1.165) is 0 Å². The van der Waals surface area contributed by atoms with E-state index in [2.05, 4.69) is 15.9 Å². The van der Waals surface area contributed by atoms with E-state index in [1.54, 1.807) is 6.92 Å². The second kappa shape index (κ2) is 5.16. The first-order chi connectivity index (χ1) is 7.36. The SMILES string of the molecule is CCOC(=O)c1cc(S(=O)(=O)Cl)ccc1Br. The van der Waals surface area contributed by atoms with Crippen LogP contribution in [0.15, 0.2) is 27.6 Å². The van der Waals surface area contributed by atoms with E-state index in [0.29, 0.717) is 4.47 Å². The van der Waals surface area contributed by atoms with Crippen molar-refractivity contribution in [3.63, 3.8) is 0 Å². The molecule has 1 rings (SSSR count). The molecular weight excluding hydrogens is 320 g/mol. The third-order valence-electron chi connectivity index (χ3n) is 1.71. The molecule has 0 unspecified atom stereocenters. The lowest BCUT2D eigenvalue weighted by Crippen LogP contribution is -2.06. The van der Waals surface area contributed by atoms with Crippen LogP contribution in [0.5, 0.6) is 0 Å². The predicted molar refractivity (Wildman–Crippen MR) is 63.1 cm³/mol. The van der Waals surface area contributed by atoms with Gasteiger partial charge in [-0.1, -0.05) is 0 Å². The Hall–Kier alpha value is -0.590. The topological polar surface area (TPSA) is 60.4 Å². The molecule has 0 amide bonds. The van der Waals surface area contributed by atoms with Crippen molar-refractivity contribution in [2.75, 3.05) is 6.61 Å². The summed E-state index contributed by atoms with van der Waals surface area (Å²) in [5.74, 6) is -0.600. The van der Waals surface area contributed by atoms with E-state index in [-0.39, 0.29) is 17.1 Å². The van der Waals surface area contributed by atoms with Gasteiger partial charge in [-0.05, 0) is 41.1 Å². The van der Waals surface area contributed by atoms with Crippen molar-refractivity contribution in [2.45, 2.75) is 11.8 Å². The number of rotatable bonds is 3. The van der Waals surface area contributed by atoms with Crippen LogP contribution in [0.25, 0.3) is 0 Å². The normalized spacial score (nSPS) is 11.2. The molecule has 1 aromatic rings. The van der Waals surface area contributed by atoms with Gasteiger partial charge in [0, 0.05) is 15.2 Å². The van der Waals surface area contributed by atoms with Gasteiger partial charge in [0.05, 0.1) is 17.1 Å². The minimum Gasteiger partial charge on any atom is -0.462 e. The smallest absolute Gasteiger partial charge is 0.339 e. The summed E-state index contributed by atoms with van der Waals surface area (Å²) in [5, 5.41) is 0. The van der Waals surface area contributed by atoms with E-state index in [4.69, 9.17) is 15.4 Å². The van der Waals surface area contributed by atoms with Crippen LogP contribution in [0.4, 0.5) is 0 Å². The Labute approximate surface area is 106 Å². The minimum absolute atomic E-state index is 0.128. The highest BCUT2D eigenvalue weighted by molar-refractivity contribution is 9.10. The average Bonchev–Trinajstić information content (AvgIpc) is 2.16. The van der Waals surface area contributed by atoms with E-state index in [1.807, 2.05) is 0 Å². The summed E-state index contributed by atoms with van der Waals surface area (Å²) in [6.07, 6.45) is 0. The van der Waals surface area contributed by atoms with Crippen LogP contribution in [0.1, 0.15) is 17.3 Å². The van der Waals surface area contributed by atoms with Crippen LogP contribution >= 0.6 is 26.6 Å². The van der Waals surface area contributed by atoms with E-state index in [1.165, 1.54) is 18.2 Å². The molecule has 0 aliphatic carbocycles. The van der Waals surface area contributed by atoms with Gasteiger partial charge >= 0.3 is 5.97 Å². The first-order valence-corrected chi connectivity index (χ1v) is 7.38. The molecule has 88 valence electrons. The summed E-state index contributed by atoms with van der Waals surface area (Å²) < 4.78 is 27.4. The number of halogens is 2. The lowest BCUT2D eigenvalue weighted by molar-refractivity contribution is 0.0525. The van der Waals surface area contributed by atoms with Gasteiger partial charge in [0.15, 0.2) is 0 Å². The fraction of sp³-hybridized carbons (Fsp3) is 0.222. The third kappa shape index (κ3) is 3.20. The van der Waals surface area contributed by atoms with Crippen LogP contribution < -0.4 is 0 Å². The van der Waals surface area contributed by atoms with Crippen LogP contribution in [-0.4, -0.2) is 21.0 Å². The highest BCUT2D eigenvalue weighted by atomic mass is 79.9. The molecule has 0 aromatic heterocycles. The molecule has 16 heavy (non-hydrogen) atoms. The Morgan fingerprint density at radius 1 is 1.50 bits per heavy atom. The maximum atomic E-state index is 11.5. The van der Waals surface area contributed by atoms with Crippen LogP contribution in [-0.2, 0) is 13.8 Å². The largest absolute Gasteiger partial charge is 0.462 e. The molecule has 0 radical (unpaired) electrons. The lowest BCUT2D eigenvalue weighted by atomic mass is 10.2. The van der Waals surface area contributed by atoms with Crippen LogP contribution in [0.3, 0.4) is 0 Å². The van der Waals surface area contributed by atoms with Gasteiger partial charge in [-0.25, -0.2) is 13.2 Å². The minimum atomic E-state index is -3.85. The number of hydrogen-bond acceptors (Lipinski definition) is 4. The zero-order valence-corrected chi connectivity index (χ0v) is 11.4. The second-order valence-corrected chi connectivity index (χ2v) is 6.22. The van der Waals surface area contributed by atoms with Gasteiger partial charge in [-0.15, -0.1) is 0 Å². The van der Waals surface area contributed by atoms with Crippen molar-refractivity contribution in [1.82, 2.24) is 0 Å². The van der Waals surface area contributed by atoms with Gasteiger partial charge in [0.25, 0.3) is 9.05 Å². The highest BCUT2D eigenvalue weighted by Gasteiger charge is 2.17. The molecule has 0 heterocycles. The molecule has 0 saturated carbocycles. The zero-order chi connectivity index (χ0) is 12.3. The Morgan fingerprint density at radius 3 is 2.62 bits per heavy atom. The Balaban J connectivity index is 3.24. The molecule has 0 bridgehead atoms. The quantitative estimate of drug-likeness (QED) is 0.632. The van der Waals surface area contributed by atoms with Gasteiger partial charge in [0.1, 0.15) is 0 Å². The zero-order valence-electron chi connectivity index (χ0n) is 8.24. The van der Waals surface area contributed by atoms with Crippen LogP contribution in [0, 0.1) is 0 Å². The third-order valence-corrected chi connectivity index (χ3v) is 3.76. The van der Waals surface area contributed by atoms with Gasteiger partial charge in [0.2, 0.25) is 0 Å². The summed E-state index contributed by atoms with van der Waals surface area (Å²) in [4.78, 5) is 11.3. The highest BCUT2D eigenvalue weighted by Crippen LogP contribution is 2.23. The molecular formula is C9H8BrClO4S. The van der Waals surface area contributed by atoms with Crippen molar-refractivity contribution in [2.24, 2.45) is 0 Å². The monoisotopic (exact) mass is 326 g/mol. The Kier molecular flexibility index (Phi) is 4.35. The summed E-state index contributed by atoms with van der Waals surface area (Å²) in [7, 11) is 1.32. The van der Waals surface area contributed by atoms with Crippen molar-refractivity contribution < 1.29 is 17.9 Å². The molecule has 0 atom stereocenters. The number of ether oxygens (including phenoxy) is 1. The number of carbonyl (C=O) groups is 1. The van der Waals surface area contributed by atoms with Crippen molar-refractivity contribution in [1.29, 1.82) is 0 Å². The number of benzene rings is 1. The number of esters is 1. The Bertz CT molecular complexity index is 512. The van der Waals surface area contributed by atoms with Crippen LogP contribution in [0.2, 0.25) is 0 Å². The van der Waals surface area contributed by atoms with Crippen molar-refractivity contribution in [3.8, 4) is 0 Å². The predicted octanol–water partition coefficient (Wildman–Crippen LogP) is 2.55. The van der Waals surface area contributed by atoms with Gasteiger partial charge in [-0.3, -0.25) is 0 Å². The van der Waals surface area contributed by atoms with Crippen molar-refractivity contribution >= 4 is 41.6 Å². The maximum absolute atomic E-state index is 11.5. The first kappa shape index (κ1) is 13.5. The van der Waals surface area contributed by atoms with E-state index >= 15 is 0 Å². The van der Waals surface area contributed by atoms with Gasteiger partial charge < -0.3 is 4.74 Å². The number of carbonyl (C=O) groups excluding carboxylic acids is 1. The molecule has 0 spiro atoms. The molecule has 0 fully saturated rings. The molecule has 0 aliphatic heterocycles. The summed E-state index contributed by atoms with van der Waals surface area (Å²) in [5.41, 5.74) is 0.128. The molecule has 7 heteroatoms. The second-order valence-electron chi connectivity index (χ2n) is 2.80. The van der Waals surface area contributed by atoms with E-state index in [9.17, 15) is 13.2 Å². The molecule has 0 N–H and O–H groups in total. The molecule has 1 aromatic carbocycles. The fourth-order valence-corrected chi connectivity index (χ4v) is 2.21. The summed E-state index contributed by atoms with van der Waals surface area (Å²) in [6.45, 7) is 1.87. The first-order valence-electron chi connectivity index (χ1n) is 4.27. The summed E-state index contributed by atoms with van der Waals surface area (Å²) in [6, 6.07) is 3.90. The Morgan fingerprint density at radius 2 is 2.12 bits per heavy atom. The fourth-order valence-electron chi connectivity index (χ4n) is 1.02. The van der Waals surface area contributed by atoms with E-state index < -0.39 is 15.0 Å². The van der Waals surface area contributed by atoms with Crippen molar-refractivity contribution in [3.05, 3.63) is 28.2 Å². The average molecular weight is 328 g/mol. The standard InChI is InChI=1S/C9H8BrClO4S/c1-2-15-9(12)7-5-6(16(11,13)14)3-4-8(7)10/h3-5H,2H2,1H3. The lowest BCUT2D eigenvalue weighted by Gasteiger charge is -2.05. The molecule has 0 saturated heterocycles.